The lowest BCUT2D eigenvalue weighted by molar-refractivity contribution is -0.118. The molecule has 1 unspecified atom stereocenters. The van der Waals surface area contributed by atoms with Gasteiger partial charge < -0.3 is 10.6 Å². The van der Waals surface area contributed by atoms with Gasteiger partial charge in [0, 0.05) is 18.8 Å². The molecule has 2 heterocycles. The molecule has 2 aromatic heterocycles. The molecule has 116 valence electrons. The minimum absolute atomic E-state index is 0. The minimum atomic E-state index is -0.541. The molecule has 9 heteroatoms. The predicted octanol–water partition coefficient (Wildman–Crippen LogP) is 1.70. The first kappa shape index (κ1) is 19.3. The van der Waals surface area contributed by atoms with Gasteiger partial charge in [-0.3, -0.25) is 9.48 Å². The molecule has 2 aromatic rings. The summed E-state index contributed by atoms with van der Waals surface area (Å²) in [5.74, 6) is -0.430. The van der Waals surface area contributed by atoms with Crippen LogP contribution in [0.4, 0.5) is 10.2 Å². The van der Waals surface area contributed by atoms with Crippen molar-refractivity contribution in [3.05, 3.63) is 42.1 Å². The Kier molecular flexibility index (Phi) is 7.86. The number of aromatic nitrogens is 3. The fraction of sp³-hybridized carbons (Fsp3) is 0.250. The second-order valence-electron chi connectivity index (χ2n) is 4.02. The molecule has 21 heavy (non-hydrogen) atoms. The number of carbonyl (C=O) groups excluding carboxylic acids is 1. The first-order valence-corrected chi connectivity index (χ1v) is 5.68. The maximum absolute atomic E-state index is 12.7. The van der Waals surface area contributed by atoms with Gasteiger partial charge in [0.1, 0.15) is 17.7 Å². The van der Waals surface area contributed by atoms with Crippen LogP contribution in [0, 0.1) is 5.82 Å². The highest BCUT2D eigenvalue weighted by molar-refractivity contribution is 5.94. The summed E-state index contributed by atoms with van der Waals surface area (Å²) in [4.78, 5) is 15.9. The van der Waals surface area contributed by atoms with Gasteiger partial charge in [-0.25, -0.2) is 9.37 Å². The standard InChI is InChI=1S/C12H14FN5O.2ClH/c1-14-11(8-5-16-18(2)7-8)12(19)17-10-4-3-9(13)6-15-10;;/h3-7,11,14H,1-2H3,(H,15,17,19);2*1H. The largest absolute Gasteiger partial charge is 0.309 e. The number of rotatable bonds is 4. The smallest absolute Gasteiger partial charge is 0.247 e. The van der Waals surface area contributed by atoms with E-state index in [9.17, 15) is 9.18 Å². The fourth-order valence-corrected chi connectivity index (χ4v) is 1.69. The Balaban J connectivity index is 0.00000200. The van der Waals surface area contributed by atoms with Gasteiger partial charge in [0.2, 0.25) is 5.91 Å². The first-order chi connectivity index (χ1) is 9.10. The average molecular weight is 336 g/mol. The highest BCUT2D eigenvalue weighted by Crippen LogP contribution is 2.14. The number of halogens is 3. The molecule has 0 bridgehead atoms. The number of anilines is 1. The van der Waals surface area contributed by atoms with E-state index < -0.39 is 11.9 Å². The lowest BCUT2D eigenvalue weighted by Gasteiger charge is -2.13. The van der Waals surface area contributed by atoms with Gasteiger partial charge in [-0.2, -0.15) is 5.10 Å². The highest BCUT2D eigenvalue weighted by atomic mass is 35.5. The van der Waals surface area contributed by atoms with Crippen LogP contribution >= 0.6 is 24.8 Å². The Morgan fingerprint density at radius 3 is 2.52 bits per heavy atom. The number of hydrogen-bond acceptors (Lipinski definition) is 4. The van der Waals surface area contributed by atoms with E-state index in [2.05, 4.69) is 20.7 Å². The van der Waals surface area contributed by atoms with E-state index in [1.165, 1.54) is 12.1 Å². The molecule has 0 spiro atoms. The maximum atomic E-state index is 12.7. The van der Waals surface area contributed by atoms with Crippen LogP contribution in [0.15, 0.2) is 30.7 Å². The number of likely N-dealkylation sites (N-methyl/N-ethyl adjacent to an activating group) is 1. The normalized spacial score (nSPS) is 11.0. The fourth-order valence-electron chi connectivity index (χ4n) is 1.69. The Morgan fingerprint density at radius 2 is 2.05 bits per heavy atom. The highest BCUT2D eigenvalue weighted by Gasteiger charge is 2.20. The molecular formula is C12H16Cl2FN5O. The van der Waals surface area contributed by atoms with Crippen molar-refractivity contribution >= 4 is 36.5 Å². The van der Waals surface area contributed by atoms with Gasteiger partial charge in [-0.1, -0.05) is 0 Å². The van der Waals surface area contributed by atoms with Crippen LogP contribution in [-0.4, -0.2) is 27.7 Å². The third-order valence-corrected chi connectivity index (χ3v) is 2.59. The van der Waals surface area contributed by atoms with Crippen LogP contribution in [0.5, 0.6) is 0 Å². The van der Waals surface area contributed by atoms with E-state index in [4.69, 9.17) is 0 Å². The summed E-state index contributed by atoms with van der Waals surface area (Å²) in [6.07, 6.45) is 4.41. The quantitative estimate of drug-likeness (QED) is 0.891. The van der Waals surface area contributed by atoms with E-state index in [1.807, 2.05) is 0 Å². The Hall–Kier alpha value is -1.70. The molecular weight excluding hydrogens is 320 g/mol. The molecule has 0 aliphatic carbocycles. The topological polar surface area (TPSA) is 71.8 Å². The minimum Gasteiger partial charge on any atom is -0.309 e. The molecule has 2 N–H and O–H groups in total. The van der Waals surface area contributed by atoms with E-state index in [0.717, 1.165) is 11.8 Å². The molecule has 0 saturated carbocycles. The van der Waals surface area contributed by atoms with Crippen molar-refractivity contribution in [1.29, 1.82) is 0 Å². The number of aryl methyl sites for hydroxylation is 1. The Bertz CT molecular complexity index is 575. The van der Waals surface area contributed by atoms with E-state index >= 15 is 0 Å². The van der Waals surface area contributed by atoms with Crippen LogP contribution < -0.4 is 10.6 Å². The molecule has 0 aromatic carbocycles. The van der Waals surface area contributed by atoms with Crippen LogP contribution in [0.25, 0.3) is 0 Å². The second kappa shape index (κ2) is 8.56. The number of amides is 1. The first-order valence-electron chi connectivity index (χ1n) is 5.68. The summed E-state index contributed by atoms with van der Waals surface area (Å²) in [5.41, 5.74) is 0.740. The molecule has 0 aliphatic heterocycles. The van der Waals surface area contributed by atoms with E-state index in [-0.39, 0.29) is 30.7 Å². The van der Waals surface area contributed by atoms with Crippen LogP contribution in [-0.2, 0) is 11.8 Å². The van der Waals surface area contributed by atoms with E-state index in [0.29, 0.717) is 5.82 Å². The molecule has 0 fully saturated rings. The Labute approximate surface area is 134 Å². The molecule has 6 nitrogen and oxygen atoms in total. The number of nitrogens with one attached hydrogen (secondary N) is 2. The van der Waals surface area contributed by atoms with Gasteiger partial charge in [0.05, 0.1) is 12.4 Å². The van der Waals surface area contributed by atoms with Crippen molar-refractivity contribution in [2.45, 2.75) is 6.04 Å². The van der Waals surface area contributed by atoms with Crippen LogP contribution in [0.1, 0.15) is 11.6 Å². The third kappa shape index (κ3) is 4.96. The summed E-state index contributed by atoms with van der Waals surface area (Å²) in [5, 5.41) is 9.53. The van der Waals surface area contributed by atoms with Crippen molar-refractivity contribution in [2.24, 2.45) is 7.05 Å². The summed E-state index contributed by atoms with van der Waals surface area (Å²) in [6, 6.07) is 2.10. The van der Waals surface area contributed by atoms with Crippen LogP contribution in [0.2, 0.25) is 0 Å². The summed E-state index contributed by atoms with van der Waals surface area (Å²) < 4.78 is 14.3. The number of pyridine rings is 1. The third-order valence-electron chi connectivity index (χ3n) is 2.59. The number of hydrogen-bond donors (Lipinski definition) is 2. The summed E-state index contributed by atoms with van der Waals surface area (Å²) >= 11 is 0. The zero-order chi connectivity index (χ0) is 13.8. The molecule has 0 aliphatic rings. The van der Waals surface area contributed by atoms with Crippen molar-refractivity contribution in [3.8, 4) is 0 Å². The summed E-state index contributed by atoms with van der Waals surface area (Å²) in [7, 11) is 3.45. The molecule has 0 saturated heterocycles. The van der Waals surface area contributed by atoms with Gasteiger partial charge in [-0.15, -0.1) is 24.8 Å². The summed E-state index contributed by atoms with van der Waals surface area (Å²) in [6.45, 7) is 0. The Morgan fingerprint density at radius 1 is 1.33 bits per heavy atom. The zero-order valence-electron chi connectivity index (χ0n) is 11.4. The maximum Gasteiger partial charge on any atom is 0.247 e. The molecule has 1 amide bonds. The van der Waals surface area contributed by atoms with Gasteiger partial charge in [0.25, 0.3) is 0 Å². The number of nitrogens with zero attached hydrogens (tertiary/aromatic N) is 3. The van der Waals surface area contributed by atoms with E-state index in [1.54, 1.807) is 31.2 Å². The SMILES string of the molecule is CNC(C(=O)Nc1ccc(F)cn1)c1cnn(C)c1.Cl.Cl. The van der Waals surface area contributed by atoms with Crippen molar-refractivity contribution in [3.63, 3.8) is 0 Å². The van der Waals surface area contributed by atoms with Crippen LogP contribution in [0.3, 0.4) is 0 Å². The molecule has 1 atom stereocenters. The monoisotopic (exact) mass is 335 g/mol. The lowest BCUT2D eigenvalue weighted by Crippen LogP contribution is -2.30. The van der Waals surface area contributed by atoms with Crippen molar-refractivity contribution < 1.29 is 9.18 Å². The van der Waals surface area contributed by atoms with Gasteiger partial charge >= 0.3 is 0 Å². The average Bonchev–Trinajstić information content (AvgIpc) is 2.80. The van der Waals surface area contributed by atoms with Gasteiger partial charge in [-0.05, 0) is 19.2 Å². The lowest BCUT2D eigenvalue weighted by atomic mass is 10.1. The van der Waals surface area contributed by atoms with Gasteiger partial charge in [0.15, 0.2) is 0 Å². The predicted molar refractivity (Wildman–Crippen MR) is 82.3 cm³/mol. The molecule has 2 rings (SSSR count). The number of carbonyl (C=O) groups is 1. The van der Waals surface area contributed by atoms with Crippen molar-refractivity contribution in [1.82, 2.24) is 20.1 Å². The zero-order valence-corrected chi connectivity index (χ0v) is 13.0. The van der Waals surface area contributed by atoms with Crippen molar-refractivity contribution in [2.75, 3.05) is 12.4 Å². The second-order valence-corrected chi connectivity index (χ2v) is 4.02. The molecule has 0 radical (unpaired) electrons.